The number of hydrogen-bond acceptors (Lipinski definition) is 2. The van der Waals surface area contributed by atoms with Crippen LogP contribution in [0.4, 0.5) is 0 Å². The number of carbonyl (C=O) groups is 1. The van der Waals surface area contributed by atoms with Crippen LogP contribution in [-0.2, 0) is 24.3 Å². The Hall–Kier alpha value is -2.62. The maximum Gasteiger partial charge on any atom is 0.226 e. The van der Waals surface area contributed by atoms with Gasteiger partial charge in [-0.05, 0) is 61.2 Å². The van der Waals surface area contributed by atoms with E-state index >= 15 is 0 Å². The summed E-state index contributed by atoms with van der Waals surface area (Å²) >= 11 is 6.01. The third-order valence-electron chi connectivity index (χ3n) is 6.30. The van der Waals surface area contributed by atoms with Gasteiger partial charge in [0.15, 0.2) is 0 Å². The zero-order chi connectivity index (χ0) is 22.2. The number of hydrogen-bond donors (Lipinski definition) is 0. The van der Waals surface area contributed by atoms with Crippen LogP contribution in [-0.4, -0.2) is 35.3 Å². The maximum atomic E-state index is 13.5. The Labute approximate surface area is 196 Å². The van der Waals surface area contributed by atoms with Crippen molar-refractivity contribution in [3.05, 3.63) is 107 Å². The Balaban J connectivity index is 1.36. The van der Waals surface area contributed by atoms with Crippen molar-refractivity contribution in [2.75, 3.05) is 19.6 Å². The average Bonchev–Trinajstić information content (AvgIpc) is 2.84. The number of amides is 1. The maximum absolute atomic E-state index is 13.5. The van der Waals surface area contributed by atoms with Crippen molar-refractivity contribution >= 4 is 17.5 Å². The fourth-order valence-corrected chi connectivity index (χ4v) is 4.55. The minimum Gasteiger partial charge on any atom is -0.338 e. The van der Waals surface area contributed by atoms with Gasteiger partial charge < -0.3 is 4.90 Å². The summed E-state index contributed by atoms with van der Waals surface area (Å²) < 4.78 is 0. The predicted molar refractivity (Wildman–Crippen MR) is 131 cm³/mol. The molecule has 166 valence electrons. The van der Waals surface area contributed by atoms with Crippen LogP contribution >= 0.6 is 11.6 Å². The van der Waals surface area contributed by atoms with E-state index in [0.29, 0.717) is 12.5 Å². The van der Waals surface area contributed by atoms with Gasteiger partial charge in [0, 0.05) is 30.6 Å². The molecule has 0 radical (unpaired) electrons. The molecule has 0 bridgehead atoms. The van der Waals surface area contributed by atoms with E-state index in [1.807, 2.05) is 36.4 Å². The van der Waals surface area contributed by atoms with E-state index in [-0.39, 0.29) is 5.92 Å². The molecule has 1 saturated heterocycles. The molecule has 3 aromatic carbocycles. The third-order valence-corrected chi connectivity index (χ3v) is 6.55. The van der Waals surface area contributed by atoms with Crippen LogP contribution in [0.2, 0.25) is 5.02 Å². The number of rotatable bonds is 8. The molecule has 32 heavy (non-hydrogen) atoms. The highest BCUT2D eigenvalue weighted by Crippen LogP contribution is 2.23. The third kappa shape index (κ3) is 6.44. The van der Waals surface area contributed by atoms with Crippen LogP contribution in [0.15, 0.2) is 84.9 Å². The smallest absolute Gasteiger partial charge is 0.226 e. The highest BCUT2D eigenvalue weighted by molar-refractivity contribution is 6.30. The largest absolute Gasteiger partial charge is 0.338 e. The second-order valence-electron chi connectivity index (χ2n) is 8.66. The molecule has 1 heterocycles. The van der Waals surface area contributed by atoms with Crippen molar-refractivity contribution in [2.24, 2.45) is 5.92 Å². The molecule has 4 rings (SSSR count). The fraction of sp³-hybridized carbons (Fsp3) is 0.321. The summed E-state index contributed by atoms with van der Waals surface area (Å²) in [4.78, 5) is 18.0. The molecule has 0 N–H and O–H groups in total. The number of halogens is 1. The monoisotopic (exact) mass is 446 g/mol. The highest BCUT2D eigenvalue weighted by Gasteiger charge is 2.28. The minimum atomic E-state index is 0.107. The Kier molecular flexibility index (Phi) is 7.97. The molecule has 0 unspecified atom stereocenters. The summed E-state index contributed by atoms with van der Waals surface area (Å²) in [5.74, 6) is 0.409. The van der Waals surface area contributed by atoms with E-state index in [9.17, 15) is 4.79 Å². The topological polar surface area (TPSA) is 23.6 Å². The average molecular weight is 447 g/mol. The lowest BCUT2D eigenvalue weighted by Crippen LogP contribution is -2.42. The van der Waals surface area contributed by atoms with Gasteiger partial charge in [-0.1, -0.05) is 84.4 Å². The fourth-order valence-electron chi connectivity index (χ4n) is 4.42. The standard InChI is InChI=1S/C28H31ClN2O/c29-27-13-11-25(12-14-27)21-30-18-16-26(17-19-30)28(32)31(22-24-9-5-2-6-10-24)20-15-23-7-3-1-4-8-23/h1-14,26H,15-22H2. The molecule has 3 nitrogen and oxygen atoms in total. The van der Waals surface area contributed by atoms with Crippen LogP contribution in [0, 0.1) is 5.92 Å². The van der Waals surface area contributed by atoms with Crippen LogP contribution in [0.25, 0.3) is 0 Å². The number of benzene rings is 3. The first-order valence-electron chi connectivity index (χ1n) is 11.5. The first-order valence-corrected chi connectivity index (χ1v) is 11.9. The Morgan fingerprint density at radius 1 is 0.812 bits per heavy atom. The van der Waals surface area contributed by atoms with Crippen LogP contribution < -0.4 is 0 Å². The quantitative estimate of drug-likeness (QED) is 0.435. The van der Waals surface area contributed by atoms with Gasteiger partial charge in [-0.2, -0.15) is 0 Å². The van der Waals surface area contributed by atoms with E-state index in [1.165, 1.54) is 16.7 Å². The first-order chi connectivity index (χ1) is 15.7. The summed E-state index contributed by atoms with van der Waals surface area (Å²) in [6.07, 6.45) is 2.72. The molecule has 3 aromatic rings. The zero-order valence-corrected chi connectivity index (χ0v) is 19.3. The van der Waals surface area contributed by atoms with Crippen molar-refractivity contribution in [1.29, 1.82) is 0 Å². The molecule has 0 spiro atoms. The Morgan fingerprint density at radius 3 is 2.03 bits per heavy atom. The van der Waals surface area contributed by atoms with Gasteiger partial charge in [0.1, 0.15) is 0 Å². The van der Waals surface area contributed by atoms with E-state index in [2.05, 4.69) is 58.3 Å². The van der Waals surface area contributed by atoms with E-state index in [0.717, 1.165) is 50.5 Å². The Bertz CT molecular complexity index is 967. The molecular weight excluding hydrogens is 416 g/mol. The van der Waals surface area contributed by atoms with Crippen LogP contribution in [0.1, 0.15) is 29.5 Å². The van der Waals surface area contributed by atoms with Crippen LogP contribution in [0.3, 0.4) is 0 Å². The van der Waals surface area contributed by atoms with Gasteiger partial charge in [0.2, 0.25) is 5.91 Å². The van der Waals surface area contributed by atoms with E-state index < -0.39 is 0 Å². The number of likely N-dealkylation sites (tertiary alicyclic amines) is 1. The molecule has 1 fully saturated rings. The number of nitrogens with zero attached hydrogens (tertiary/aromatic N) is 2. The van der Waals surface area contributed by atoms with Crippen molar-refractivity contribution in [3.8, 4) is 0 Å². The van der Waals surface area contributed by atoms with Gasteiger partial charge in [-0.15, -0.1) is 0 Å². The normalized spacial score (nSPS) is 14.9. The lowest BCUT2D eigenvalue weighted by Gasteiger charge is -2.34. The van der Waals surface area contributed by atoms with Gasteiger partial charge in [0.25, 0.3) is 0 Å². The zero-order valence-electron chi connectivity index (χ0n) is 18.5. The van der Waals surface area contributed by atoms with Gasteiger partial charge in [-0.25, -0.2) is 0 Å². The highest BCUT2D eigenvalue weighted by atomic mass is 35.5. The molecule has 4 heteroatoms. The molecule has 1 aliphatic rings. The lowest BCUT2D eigenvalue weighted by molar-refractivity contribution is -0.137. The van der Waals surface area contributed by atoms with Crippen molar-refractivity contribution in [1.82, 2.24) is 9.80 Å². The molecular formula is C28H31ClN2O. The van der Waals surface area contributed by atoms with Gasteiger partial charge >= 0.3 is 0 Å². The minimum absolute atomic E-state index is 0.107. The second-order valence-corrected chi connectivity index (χ2v) is 9.09. The van der Waals surface area contributed by atoms with Crippen LogP contribution in [0.5, 0.6) is 0 Å². The molecule has 1 aliphatic heterocycles. The molecule has 0 aromatic heterocycles. The van der Waals surface area contributed by atoms with E-state index in [4.69, 9.17) is 11.6 Å². The van der Waals surface area contributed by atoms with Gasteiger partial charge in [-0.3, -0.25) is 9.69 Å². The molecule has 0 aliphatic carbocycles. The Morgan fingerprint density at radius 2 is 1.41 bits per heavy atom. The van der Waals surface area contributed by atoms with Crippen molar-refractivity contribution < 1.29 is 4.79 Å². The summed E-state index contributed by atoms with van der Waals surface area (Å²) in [7, 11) is 0. The second kappa shape index (κ2) is 11.3. The van der Waals surface area contributed by atoms with E-state index in [1.54, 1.807) is 0 Å². The lowest BCUT2D eigenvalue weighted by atomic mass is 9.94. The predicted octanol–water partition coefficient (Wildman–Crippen LogP) is 5.82. The molecule has 1 amide bonds. The SMILES string of the molecule is O=C(C1CCN(Cc2ccc(Cl)cc2)CC1)N(CCc1ccccc1)Cc1ccccc1. The van der Waals surface area contributed by atoms with Crippen molar-refractivity contribution in [3.63, 3.8) is 0 Å². The first kappa shape index (κ1) is 22.6. The summed E-state index contributed by atoms with van der Waals surface area (Å²) in [6.45, 7) is 4.26. The number of carbonyl (C=O) groups excluding carboxylic acids is 1. The summed E-state index contributed by atoms with van der Waals surface area (Å²) in [5, 5.41) is 0.770. The number of piperidine rings is 1. The molecule has 0 saturated carbocycles. The van der Waals surface area contributed by atoms with Crippen molar-refractivity contribution in [2.45, 2.75) is 32.4 Å². The molecule has 0 atom stereocenters. The summed E-state index contributed by atoms with van der Waals surface area (Å²) in [5.41, 5.74) is 3.73. The van der Waals surface area contributed by atoms with Gasteiger partial charge in [0.05, 0.1) is 0 Å². The summed E-state index contributed by atoms with van der Waals surface area (Å²) in [6, 6.07) is 28.8.